The number of rotatable bonds is 4. The van der Waals surface area contributed by atoms with Gasteiger partial charge in [-0.2, -0.15) is 5.10 Å². The predicted molar refractivity (Wildman–Crippen MR) is 75.4 cm³/mol. The zero-order chi connectivity index (χ0) is 14.5. The molecule has 1 atom stereocenters. The van der Waals surface area contributed by atoms with Gasteiger partial charge >= 0.3 is 0 Å². The third kappa shape index (κ3) is 2.86. The molecule has 0 bridgehead atoms. The Balaban J connectivity index is 2.07. The van der Waals surface area contributed by atoms with Crippen molar-refractivity contribution in [3.05, 3.63) is 35.9 Å². The summed E-state index contributed by atoms with van der Waals surface area (Å²) < 4.78 is 0. The Morgan fingerprint density at radius 1 is 1.45 bits per heavy atom. The first-order chi connectivity index (χ1) is 9.63. The molecular formula is C15H15N3O2. The van der Waals surface area contributed by atoms with E-state index in [1.165, 1.54) is 5.01 Å². The molecule has 0 fully saturated rings. The second kappa shape index (κ2) is 6.02. The number of carbonyl (C=O) groups excluding carboxylic acids is 2. The van der Waals surface area contributed by atoms with Gasteiger partial charge in [0.25, 0.3) is 5.91 Å². The number of terminal acetylenes is 1. The predicted octanol–water partition coefficient (Wildman–Crippen LogP) is 0.770. The summed E-state index contributed by atoms with van der Waals surface area (Å²) >= 11 is 0. The second-order valence-corrected chi connectivity index (χ2v) is 4.48. The van der Waals surface area contributed by atoms with Crippen LogP contribution in [-0.4, -0.2) is 29.1 Å². The van der Waals surface area contributed by atoms with E-state index in [0.717, 1.165) is 5.56 Å². The fourth-order valence-electron chi connectivity index (χ4n) is 2.04. The Morgan fingerprint density at radius 2 is 2.15 bits per heavy atom. The van der Waals surface area contributed by atoms with Crippen LogP contribution in [0.2, 0.25) is 0 Å². The van der Waals surface area contributed by atoms with Crippen LogP contribution in [0.3, 0.4) is 0 Å². The minimum Gasteiger partial charge on any atom is -0.344 e. The van der Waals surface area contributed by atoms with Gasteiger partial charge in [-0.05, 0) is 12.5 Å². The summed E-state index contributed by atoms with van der Waals surface area (Å²) in [4.78, 5) is 24.1. The normalized spacial score (nSPS) is 17.6. The number of nitrogens with zero attached hydrogens (tertiary/aromatic N) is 2. The monoisotopic (exact) mass is 269 g/mol. The van der Waals surface area contributed by atoms with E-state index in [1.807, 2.05) is 30.3 Å². The first-order valence-electron chi connectivity index (χ1n) is 6.25. The smallest absolute Gasteiger partial charge is 0.261 e. The molecule has 1 aromatic rings. The van der Waals surface area contributed by atoms with E-state index in [1.54, 1.807) is 6.92 Å². The summed E-state index contributed by atoms with van der Waals surface area (Å²) in [5, 5.41) is 8.00. The molecule has 0 saturated carbocycles. The van der Waals surface area contributed by atoms with Crippen LogP contribution in [0.25, 0.3) is 0 Å². The zero-order valence-corrected chi connectivity index (χ0v) is 11.2. The minimum absolute atomic E-state index is 0.106. The van der Waals surface area contributed by atoms with Crippen LogP contribution in [0.15, 0.2) is 35.4 Å². The Labute approximate surface area is 117 Å². The summed E-state index contributed by atoms with van der Waals surface area (Å²) in [5.41, 5.74) is 1.45. The highest BCUT2D eigenvalue weighted by Crippen LogP contribution is 2.18. The SMILES string of the molecule is C#CCNC(=O)C1C(=O)N(Cc2ccccc2)N=C1C. The van der Waals surface area contributed by atoms with Crippen LogP contribution >= 0.6 is 0 Å². The lowest BCUT2D eigenvalue weighted by molar-refractivity contribution is -0.137. The third-order valence-electron chi connectivity index (χ3n) is 3.00. The van der Waals surface area contributed by atoms with Gasteiger partial charge in [0.2, 0.25) is 5.91 Å². The fraction of sp³-hybridized carbons (Fsp3) is 0.267. The van der Waals surface area contributed by atoms with Crippen LogP contribution < -0.4 is 5.32 Å². The van der Waals surface area contributed by atoms with Gasteiger partial charge in [0.1, 0.15) is 0 Å². The molecule has 0 radical (unpaired) electrons. The Kier molecular flexibility index (Phi) is 4.16. The lowest BCUT2D eigenvalue weighted by atomic mass is 10.0. The molecule has 5 heteroatoms. The minimum atomic E-state index is -0.868. The molecule has 102 valence electrons. The van der Waals surface area contributed by atoms with Crippen molar-refractivity contribution in [3.8, 4) is 12.3 Å². The molecule has 0 aromatic heterocycles. The number of amides is 2. The van der Waals surface area contributed by atoms with E-state index in [0.29, 0.717) is 12.3 Å². The number of hydrazone groups is 1. The van der Waals surface area contributed by atoms with Crippen molar-refractivity contribution < 1.29 is 9.59 Å². The lowest BCUT2D eigenvalue weighted by Gasteiger charge is -2.14. The molecule has 1 heterocycles. The van der Waals surface area contributed by atoms with Crippen LogP contribution in [0.1, 0.15) is 12.5 Å². The Bertz CT molecular complexity index is 587. The molecule has 2 rings (SSSR count). The number of benzene rings is 1. The molecule has 0 saturated heterocycles. The van der Waals surface area contributed by atoms with Crippen LogP contribution in [-0.2, 0) is 16.1 Å². The molecule has 1 aliphatic heterocycles. The van der Waals surface area contributed by atoms with Crippen LogP contribution in [0, 0.1) is 18.3 Å². The summed E-state index contributed by atoms with van der Waals surface area (Å²) in [7, 11) is 0. The van der Waals surface area contributed by atoms with E-state index in [4.69, 9.17) is 6.42 Å². The number of carbonyl (C=O) groups is 2. The van der Waals surface area contributed by atoms with E-state index in [9.17, 15) is 9.59 Å². The van der Waals surface area contributed by atoms with Crippen molar-refractivity contribution >= 4 is 17.5 Å². The summed E-state index contributed by atoms with van der Waals surface area (Å²) in [6, 6.07) is 9.50. The molecule has 0 aliphatic carbocycles. The standard InChI is InChI=1S/C15H15N3O2/c1-3-9-16-14(19)13-11(2)17-18(15(13)20)10-12-7-5-4-6-8-12/h1,4-8,13H,9-10H2,2H3,(H,16,19). The highest BCUT2D eigenvalue weighted by atomic mass is 16.2. The fourth-order valence-corrected chi connectivity index (χ4v) is 2.04. The molecule has 2 amide bonds. The van der Waals surface area contributed by atoms with E-state index < -0.39 is 11.8 Å². The van der Waals surface area contributed by atoms with Gasteiger partial charge in [-0.25, -0.2) is 5.01 Å². The van der Waals surface area contributed by atoms with Gasteiger partial charge in [0.05, 0.1) is 18.8 Å². The van der Waals surface area contributed by atoms with E-state index in [2.05, 4.69) is 16.3 Å². The van der Waals surface area contributed by atoms with Crippen LogP contribution in [0.4, 0.5) is 0 Å². The molecule has 20 heavy (non-hydrogen) atoms. The van der Waals surface area contributed by atoms with Gasteiger partial charge in [0.15, 0.2) is 5.92 Å². The van der Waals surface area contributed by atoms with Crippen molar-refractivity contribution in [3.63, 3.8) is 0 Å². The highest BCUT2D eigenvalue weighted by molar-refractivity contribution is 6.21. The molecular weight excluding hydrogens is 254 g/mol. The Hall–Kier alpha value is -2.61. The average Bonchev–Trinajstić information content (AvgIpc) is 2.72. The number of hydrogen-bond donors (Lipinski definition) is 1. The quantitative estimate of drug-likeness (QED) is 0.648. The Morgan fingerprint density at radius 3 is 2.80 bits per heavy atom. The van der Waals surface area contributed by atoms with E-state index >= 15 is 0 Å². The number of nitrogens with one attached hydrogen (secondary N) is 1. The zero-order valence-electron chi connectivity index (χ0n) is 11.2. The summed E-state index contributed by atoms with van der Waals surface area (Å²) in [6.45, 7) is 2.13. The van der Waals surface area contributed by atoms with Gasteiger partial charge in [-0.15, -0.1) is 6.42 Å². The topological polar surface area (TPSA) is 61.8 Å². The molecule has 1 aromatic carbocycles. The third-order valence-corrected chi connectivity index (χ3v) is 3.00. The molecule has 1 aliphatic rings. The van der Waals surface area contributed by atoms with Crippen molar-refractivity contribution in [2.75, 3.05) is 6.54 Å². The second-order valence-electron chi connectivity index (χ2n) is 4.48. The maximum atomic E-state index is 12.2. The first kappa shape index (κ1) is 13.8. The number of hydrogen-bond acceptors (Lipinski definition) is 3. The van der Waals surface area contributed by atoms with Gasteiger partial charge in [0, 0.05) is 0 Å². The summed E-state index contributed by atoms with van der Waals surface area (Å²) in [6.07, 6.45) is 5.08. The van der Waals surface area contributed by atoms with Crippen LogP contribution in [0.5, 0.6) is 0 Å². The molecule has 5 nitrogen and oxygen atoms in total. The van der Waals surface area contributed by atoms with Gasteiger partial charge in [-0.1, -0.05) is 36.3 Å². The van der Waals surface area contributed by atoms with Crippen molar-refractivity contribution in [2.45, 2.75) is 13.5 Å². The average molecular weight is 269 g/mol. The van der Waals surface area contributed by atoms with E-state index in [-0.39, 0.29) is 12.5 Å². The highest BCUT2D eigenvalue weighted by Gasteiger charge is 2.38. The molecule has 1 unspecified atom stereocenters. The largest absolute Gasteiger partial charge is 0.344 e. The van der Waals surface area contributed by atoms with Crippen molar-refractivity contribution in [1.82, 2.24) is 10.3 Å². The lowest BCUT2D eigenvalue weighted by Crippen LogP contribution is -2.40. The summed E-state index contributed by atoms with van der Waals surface area (Å²) in [5.74, 6) is 0.721. The van der Waals surface area contributed by atoms with Crippen molar-refractivity contribution in [2.24, 2.45) is 11.0 Å². The van der Waals surface area contributed by atoms with Gasteiger partial charge < -0.3 is 5.32 Å². The maximum absolute atomic E-state index is 12.2. The maximum Gasteiger partial charge on any atom is 0.261 e. The van der Waals surface area contributed by atoms with Gasteiger partial charge in [-0.3, -0.25) is 9.59 Å². The molecule has 1 N–H and O–H groups in total. The van der Waals surface area contributed by atoms with Crippen molar-refractivity contribution in [1.29, 1.82) is 0 Å². The first-order valence-corrected chi connectivity index (χ1v) is 6.25. The molecule has 0 spiro atoms.